The van der Waals surface area contributed by atoms with Crippen molar-refractivity contribution in [2.45, 2.75) is 26.9 Å². The summed E-state index contributed by atoms with van der Waals surface area (Å²) < 4.78 is 7.48. The van der Waals surface area contributed by atoms with Gasteiger partial charge in [0, 0.05) is 38.1 Å². The Kier molecular flexibility index (Phi) is 8.67. The normalized spacial score (nSPS) is 10.9. The number of aryl methyl sites for hydroxylation is 2. The second-order valence-electron chi connectivity index (χ2n) is 5.55. The van der Waals surface area contributed by atoms with Gasteiger partial charge in [0.2, 0.25) is 0 Å². The highest BCUT2D eigenvalue weighted by Crippen LogP contribution is 2.19. The van der Waals surface area contributed by atoms with Crippen molar-refractivity contribution in [1.29, 1.82) is 0 Å². The van der Waals surface area contributed by atoms with Gasteiger partial charge in [-0.3, -0.25) is 0 Å². The van der Waals surface area contributed by atoms with E-state index in [1.54, 1.807) is 7.11 Å². The first-order valence-corrected chi connectivity index (χ1v) is 7.89. The van der Waals surface area contributed by atoms with Crippen molar-refractivity contribution in [3.05, 3.63) is 53.3 Å². The summed E-state index contributed by atoms with van der Waals surface area (Å²) in [6, 6.07) is 8.30. The number of guanidine groups is 1. The molecule has 5 nitrogen and oxygen atoms in total. The molecule has 2 N–H and O–H groups in total. The van der Waals surface area contributed by atoms with Crippen LogP contribution in [0.3, 0.4) is 0 Å². The van der Waals surface area contributed by atoms with Gasteiger partial charge in [0.15, 0.2) is 5.96 Å². The van der Waals surface area contributed by atoms with E-state index in [2.05, 4.69) is 53.9 Å². The molecular formula is C18H27IN4O. The molecule has 0 aliphatic rings. The summed E-state index contributed by atoms with van der Waals surface area (Å²) in [5, 5.41) is 6.63. The molecule has 2 rings (SSSR count). The van der Waals surface area contributed by atoms with Gasteiger partial charge in [0.1, 0.15) is 5.75 Å². The molecule has 0 bridgehead atoms. The Morgan fingerprint density at radius 2 is 2.04 bits per heavy atom. The maximum atomic E-state index is 5.45. The number of aliphatic imine (C=N–C) groups is 1. The zero-order valence-corrected chi connectivity index (χ0v) is 17.1. The number of benzene rings is 1. The second kappa shape index (κ2) is 10.2. The van der Waals surface area contributed by atoms with Gasteiger partial charge >= 0.3 is 0 Å². The van der Waals surface area contributed by atoms with Crippen molar-refractivity contribution < 1.29 is 4.74 Å². The third-order valence-corrected chi connectivity index (χ3v) is 3.55. The SMILES string of the molecule is CCNC(=NCc1ccn(C)c1)NCc1ccc(C)cc1OC.I. The molecule has 0 aliphatic heterocycles. The lowest BCUT2D eigenvalue weighted by Gasteiger charge is -2.14. The predicted octanol–water partition coefficient (Wildman–Crippen LogP) is 3.22. The average molecular weight is 442 g/mol. The minimum atomic E-state index is 0. The first-order chi connectivity index (χ1) is 11.1. The second-order valence-corrected chi connectivity index (χ2v) is 5.55. The van der Waals surface area contributed by atoms with E-state index in [4.69, 9.17) is 4.74 Å². The monoisotopic (exact) mass is 442 g/mol. The van der Waals surface area contributed by atoms with E-state index in [-0.39, 0.29) is 24.0 Å². The molecule has 1 aromatic carbocycles. The van der Waals surface area contributed by atoms with Crippen LogP contribution >= 0.6 is 24.0 Å². The van der Waals surface area contributed by atoms with Crippen molar-refractivity contribution in [3.63, 3.8) is 0 Å². The van der Waals surface area contributed by atoms with Crippen molar-refractivity contribution in [2.75, 3.05) is 13.7 Å². The lowest BCUT2D eigenvalue weighted by molar-refractivity contribution is 0.408. The standard InChI is InChI=1S/C18H26N4O.HI/c1-5-19-18(20-11-15-8-9-22(3)13-15)21-12-16-7-6-14(2)10-17(16)23-4;/h6-10,13H,5,11-12H2,1-4H3,(H2,19,20,21);1H. The lowest BCUT2D eigenvalue weighted by atomic mass is 10.1. The van der Waals surface area contributed by atoms with E-state index in [9.17, 15) is 0 Å². The molecule has 0 saturated carbocycles. The Bertz CT molecular complexity index is 667. The fraction of sp³-hybridized carbons (Fsp3) is 0.389. The zero-order valence-electron chi connectivity index (χ0n) is 14.8. The smallest absolute Gasteiger partial charge is 0.191 e. The number of hydrogen-bond acceptors (Lipinski definition) is 2. The molecule has 0 radical (unpaired) electrons. The van der Waals surface area contributed by atoms with Gasteiger partial charge in [-0.1, -0.05) is 12.1 Å². The molecule has 0 unspecified atom stereocenters. The van der Waals surface area contributed by atoms with Crippen LogP contribution in [0.1, 0.15) is 23.6 Å². The first-order valence-electron chi connectivity index (χ1n) is 7.89. The fourth-order valence-corrected chi connectivity index (χ4v) is 2.34. The molecule has 0 fully saturated rings. The molecule has 0 amide bonds. The summed E-state index contributed by atoms with van der Waals surface area (Å²) in [5.41, 5.74) is 3.50. The van der Waals surface area contributed by atoms with Crippen molar-refractivity contribution in [3.8, 4) is 5.75 Å². The Morgan fingerprint density at radius 3 is 2.67 bits per heavy atom. The Balaban J connectivity index is 0.00000288. The molecule has 0 atom stereocenters. The molecule has 0 aliphatic carbocycles. The fourth-order valence-electron chi connectivity index (χ4n) is 2.34. The molecule has 0 spiro atoms. The maximum Gasteiger partial charge on any atom is 0.191 e. The number of nitrogens with zero attached hydrogens (tertiary/aromatic N) is 2. The number of nitrogens with one attached hydrogen (secondary N) is 2. The third-order valence-electron chi connectivity index (χ3n) is 3.55. The van der Waals surface area contributed by atoms with E-state index >= 15 is 0 Å². The van der Waals surface area contributed by atoms with Crippen molar-refractivity contribution in [2.24, 2.45) is 12.0 Å². The zero-order chi connectivity index (χ0) is 16.7. The Morgan fingerprint density at radius 1 is 1.25 bits per heavy atom. The van der Waals surface area contributed by atoms with Gasteiger partial charge in [-0.15, -0.1) is 24.0 Å². The minimum Gasteiger partial charge on any atom is -0.496 e. The van der Waals surface area contributed by atoms with Gasteiger partial charge in [0.25, 0.3) is 0 Å². The van der Waals surface area contributed by atoms with E-state index < -0.39 is 0 Å². The summed E-state index contributed by atoms with van der Waals surface area (Å²) >= 11 is 0. The molecule has 1 heterocycles. The van der Waals surface area contributed by atoms with Gasteiger partial charge in [-0.2, -0.15) is 0 Å². The molecule has 24 heavy (non-hydrogen) atoms. The summed E-state index contributed by atoms with van der Waals surface area (Å²) in [5.74, 6) is 1.70. The first kappa shape index (κ1) is 20.3. The van der Waals surface area contributed by atoms with Gasteiger partial charge in [0.05, 0.1) is 13.7 Å². The number of halogens is 1. The van der Waals surface area contributed by atoms with E-state index in [0.29, 0.717) is 13.1 Å². The molecule has 132 valence electrons. The summed E-state index contributed by atoms with van der Waals surface area (Å²) in [6.07, 6.45) is 4.11. The Labute approximate surface area is 161 Å². The molecule has 6 heteroatoms. The molecule has 1 aromatic heterocycles. The van der Waals surface area contributed by atoms with Gasteiger partial charge < -0.3 is 19.9 Å². The number of rotatable bonds is 6. The van der Waals surface area contributed by atoms with Gasteiger partial charge in [-0.05, 0) is 37.1 Å². The van der Waals surface area contributed by atoms with E-state index in [0.717, 1.165) is 23.8 Å². The largest absolute Gasteiger partial charge is 0.496 e. The van der Waals surface area contributed by atoms with Crippen LogP contribution in [-0.2, 0) is 20.1 Å². The number of ether oxygens (including phenoxy) is 1. The van der Waals surface area contributed by atoms with Crippen LogP contribution in [0.2, 0.25) is 0 Å². The highest BCUT2D eigenvalue weighted by atomic mass is 127. The number of aromatic nitrogens is 1. The van der Waals surface area contributed by atoms with E-state index in [1.807, 2.05) is 23.9 Å². The van der Waals surface area contributed by atoms with Crippen LogP contribution in [0, 0.1) is 6.92 Å². The van der Waals surface area contributed by atoms with Crippen LogP contribution < -0.4 is 15.4 Å². The summed E-state index contributed by atoms with van der Waals surface area (Å²) in [6.45, 7) is 6.27. The molecular weight excluding hydrogens is 415 g/mol. The number of hydrogen-bond donors (Lipinski definition) is 2. The maximum absolute atomic E-state index is 5.45. The number of methoxy groups -OCH3 is 1. The van der Waals surface area contributed by atoms with Crippen molar-refractivity contribution in [1.82, 2.24) is 15.2 Å². The minimum absolute atomic E-state index is 0. The lowest BCUT2D eigenvalue weighted by Crippen LogP contribution is -2.36. The topological polar surface area (TPSA) is 50.6 Å². The quantitative estimate of drug-likeness (QED) is 0.411. The van der Waals surface area contributed by atoms with Gasteiger partial charge in [-0.25, -0.2) is 4.99 Å². The van der Waals surface area contributed by atoms with Crippen LogP contribution in [0.4, 0.5) is 0 Å². The van der Waals surface area contributed by atoms with Crippen molar-refractivity contribution >= 4 is 29.9 Å². The van der Waals surface area contributed by atoms with Crippen LogP contribution in [0.25, 0.3) is 0 Å². The van der Waals surface area contributed by atoms with Crippen LogP contribution in [0.5, 0.6) is 5.75 Å². The van der Waals surface area contributed by atoms with Crippen LogP contribution in [-0.4, -0.2) is 24.2 Å². The summed E-state index contributed by atoms with van der Waals surface area (Å²) in [4.78, 5) is 4.63. The third kappa shape index (κ3) is 6.07. The summed E-state index contributed by atoms with van der Waals surface area (Å²) in [7, 11) is 3.72. The molecule has 0 saturated heterocycles. The average Bonchev–Trinajstić information content (AvgIpc) is 2.96. The Hall–Kier alpha value is -1.70. The van der Waals surface area contributed by atoms with Crippen LogP contribution in [0.15, 0.2) is 41.7 Å². The highest BCUT2D eigenvalue weighted by Gasteiger charge is 2.05. The van der Waals surface area contributed by atoms with E-state index in [1.165, 1.54) is 11.1 Å². The highest BCUT2D eigenvalue weighted by molar-refractivity contribution is 14.0. The molecule has 2 aromatic rings. The predicted molar refractivity (Wildman–Crippen MR) is 110 cm³/mol.